The van der Waals surface area contributed by atoms with Crippen molar-refractivity contribution in [3.63, 3.8) is 0 Å². The molecule has 0 radical (unpaired) electrons. The maximum absolute atomic E-state index is 12.1. The Kier molecular flexibility index (Phi) is 3.86. The highest BCUT2D eigenvalue weighted by Crippen LogP contribution is 2.17. The van der Waals surface area contributed by atoms with Crippen molar-refractivity contribution in [1.82, 2.24) is 4.31 Å². The van der Waals surface area contributed by atoms with E-state index in [0.717, 1.165) is 6.92 Å². The van der Waals surface area contributed by atoms with Crippen LogP contribution in [0, 0.1) is 11.3 Å². The Bertz CT molecular complexity index is 546. The van der Waals surface area contributed by atoms with Crippen LogP contribution in [-0.2, 0) is 14.8 Å². The van der Waals surface area contributed by atoms with Crippen molar-refractivity contribution in [2.45, 2.75) is 24.8 Å². The molecule has 6 heteroatoms. The zero-order valence-corrected chi connectivity index (χ0v) is 10.3. The van der Waals surface area contributed by atoms with Crippen LogP contribution >= 0.6 is 0 Å². The second-order valence-electron chi connectivity index (χ2n) is 3.44. The highest BCUT2D eigenvalue weighted by atomic mass is 32.2. The highest BCUT2D eigenvalue weighted by Gasteiger charge is 2.31. The van der Waals surface area contributed by atoms with E-state index in [2.05, 4.69) is 0 Å². The van der Waals surface area contributed by atoms with Gasteiger partial charge in [-0.2, -0.15) is 5.26 Å². The van der Waals surface area contributed by atoms with Crippen LogP contribution < -0.4 is 0 Å². The molecule has 1 amide bonds. The number of nitrogens with zero attached hydrogens (tertiary/aromatic N) is 2. The van der Waals surface area contributed by atoms with Crippen LogP contribution in [0.2, 0.25) is 0 Å². The minimum atomic E-state index is -3.95. The topological polar surface area (TPSA) is 78.2 Å². The predicted molar refractivity (Wildman–Crippen MR) is 61.2 cm³/mol. The molecule has 90 valence electrons. The third-order valence-corrected chi connectivity index (χ3v) is 4.11. The molecule has 0 fully saturated rings. The standard InChI is InChI=1S/C11H12N2O3S/c1-9(8-12)13(10(2)14)17(15,16)11-6-4-3-5-7-11/h3-7,9H,1-2H3. The molecule has 1 atom stereocenters. The molecular weight excluding hydrogens is 240 g/mol. The molecule has 17 heavy (non-hydrogen) atoms. The van der Waals surface area contributed by atoms with E-state index < -0.39 is 22.0 Å². The van der Waals surface area contributed by atoms with E-state index in [-0.39, 0.29) is 4.90 Å². The Morgan fingerprint density at radius 2 is 1.88 bits per heavy atom. The molecule has 0 saturated carbocycles. The first-order chi connectivity index (χ1) is 7.91. The molecule has 1 unspecified atom stereocenters. The van der Waals surface area contributed by atoms with Gasteiger partial charge in [0.05, 0.1) is 11.0 Å². The van der Waals surface area contributed by atoms with Gasteiger partial charge in [0.2, 0.25) is 5.91 Å². The predicted octanol–water partition coefficient (Wildman–Crippen LogP) is 1.14. The van der Waals surface area contributed by atoms with Crippen molar-refractivity contribution in [1.29, 1.82) is 5.26 Å². The number of carbonyl (C=O) groups is 1. The lowest BCUT2D eigenvalue weighted by Gasteiger charge is -2.22. The fourth-order valence-corrected chi connectivity index (χ4v) is 2.94. The first-order valence-electron chi connectivity index (χ1n) is 4.91. The summed E-state index contributed by atoms with van der Waals surface area (Å²) in [6.07, 6.45) is 0. The fourth-order valence-electron chi connectivity index (χ4n) is 1.41. The lowest BCUT2D eigenvalue weighted by atomic mass is 10.4. The average Bonchev–Trinajstić information content (AvgIpc) is 2.29. The third-order valence-electron chi connectivity index (χ3n) is 2.15. The summed E-state index contributed by atoms with van der Waals surface area (Å²) in [6.45, 7) is 2.48. The first-order valence-corrected chi connectivity index (χ1v) is 6.35. The minimum Gasteiger partial charge on any atom is -0.274 e. The number of amides is 1. The summed E-state index contributed by atoms with van der Waals surface area (Å²) in [7, 11) is -3.95. The number of nitriles is 1. The molecule has 1 rings (SSSR count). The van der Waals surface area contributed by atoms with Gasteiger partial charge in [0.25, 0.3) is 10.0 Å². The molecule has 0 spiro atoms. The van der Waals surface area contributed by atoms with Crippen LogP contribution in [-0.4, -0.2) is 24.7 Å². The highest BCUT2D eigenvalue weighted by molar-refractivity contribution is 7.89. The van der Waals surface area contributed by atoms with Crippen LogP contribution in [0.25, 0.3) is 0 Å². The molecule has 5 nitrogen and oxygen atoms in total. The Labute approximate surface area is 100 Å². The fraction of sp³-hybridized carbons (Fsp3) is 0.273. The third kappa shape index (κ3) is 2.63. The van der Waals surface area contributed by atoms with Crippen molar-refractivity contribution in [2.75, 3.05) is 0 Å². The van der Waals surface area contributed by atoms with Gasteiger partial charge in [0.15, 0.2) is 0 Å². The Morgan fingerprint density at radius 3 is 2.29 bits per heavy atom. The summed E-state index contributed by atoms with van der Waals surface area (Å²) < 4.78 is 24.8. The SMILES string of the molecule is CC(=O)N(C(C)C#N)S(=O)(=O)c1ccccc1. The van der Waals surface area contributed by atoms with Crippen molar-refractivity contribution < 1.29 is 13.2 Å². The molecule has 0 N–H and O–H groups in total. The zero-order chi connectivity index (χ0) is 13.1. The monoisotopic (exact) mass is 252 g/mol. The molecule has 0 bridgehead atoms. The van der Waals surface area contributed by atoms with E-state index in [1.807, 2.05) is 0 Å². The van der Waals surface area contributed by atoms with E-state index in [1.54, 1.807) is 24.3 Å². The molecule has 0 heterocycles. The number of sulfonamides is 1. The van der Waals surface area contributed by atoms with Crippen molar-refractivity contribution >= 4 is 15.9 Å². The van der Waals surface area contributed by atoms with E-state index in [4.69, 9.17) is 5.26 Å². The number of hydrogen-bond donors (Lipinski definition) is 0. The zero-order valence-electron chi connectivity index (χ0n) is 9.49. The maximum Gasteiger partial charge on any atom is 0.267 e. The Morgan fingerprint density at radius 1 is 1.35 bits per heavy atom. The van der Waals surface area contributed by atoms with E-state index >= 15 is 0 Å². The Hall–Kier alpha value is -1.87. The molecule has 0 saturated heterocycles. The van der Waals surface area contributed by atoms with Crippen LogP contribution in [0.4, 0.5) is 0 Å². The van der Waals surface area contributed by atoms with Crippen LogP contribution in [0.5, 0.6) is 0 Å². The minimum absolute atomic E-state index is 0.00250. The normalized spacial score (nSPS) is 12.5. The van der Waals surface area contributed by atoms with Gasteiger partial charge in [-0.05, 0) is 19.1 Å². The van der Waals surface area contributed by atoms with Crippen molar-refractivity contribution in [3.8, 4) is 6.07 Å². The molecule has 0 aliphatic carbocycles. The van der Waals surface area contributed by atoms with Gasteiger partial charge in [-0.3, -0.25) is 4.79 Å². The molecule has 0 aliphatic rings. The second-order valence-corrected chi connectivity index (χ2v) is 5.25. The quantitative estimate of drug-likeness (QED) is 0.808. The van der Waals surface area contributed by atoms with Crippen molar-refractivity contribution in [3.05, 3.63) is 30.3 Å². The van der Waals surface area contributed by atoms with Gasteiger partial charge >= 0.3 is 0 Å². The molecule has 0 aromatic heterocycles. The maximum atomic E-state index is 12.1. The van der Waals surface area contributed by atoms with E-state index in [9.17, 15) is 13.2 Å². The second kappa shape index (κ2) is 4.97. The van der Waals surface area contributed by atoms with Gasteiger partial charge in [-0.15, -0.1) is 0 Å². The largest absolute Gasteiger partial charge is 0.274 e. The van der Waals surface area contributed by atoms with Crippen LogP contribution in [0.3, 0.4) is 0 Å². The molecule has 1 aromatic rings. The smallest absolute Gasteiger partial charge is 0.267 e. The molecule has 0 aliphatic heterocycles. The van der Waals surface area contributed by atoms with Gasteiger partial charge in [-0.25, -0.2) is 12.7 Å². The summed E-state index contributed by atoms with van der Waals surface area (Å²) in [6, 6.07) is 8.27. The summed E-state index contributed by atoms with van der Waals surface area (Å²) >= 11 is 0. The first kappa shape index (κ1) is 13.2. The van der Waals surface area contributed by atoms with Crippen LogP contribution in [0.15, 0.2) is 35.2 Å². The summed E-state index contributed by atoms with van der Waals surface area (Å²) in [5.41, 5.74) is 0. The van der Waals surface area contributed by atoms with Crippen LogP contribution in [0.1, 0.15) is 13.8 Å². The van der Waals surface area contributed by atoms with Crippen molar-refractivity contribution in [2.24, 2.45) is 0 Å². The summed E-state index contributed by atoms with van der Waals surface area (Å²) in [5.74, 6) is -0.678. The van der Waals surface area contributed by atoms with E-state index in [1.165, 1.54) is 19.1 Å². The van der Waals surface area contributed by atoms with Gasteiger partial charge in [0, 0.05) is 6.92 Å². The molecule has 1 aromatic carbocycles. The number of carbonyl (C=O) groups excluding carboxylic acids is 1. The van der Waals surface area contributed by atoms with Gasteiger partial charge < -0.3 is 0 Å². The number of rotatable bonds is 3. The van der Waals surface area contributed by atoms with E-state index in [0.29, 0.717) is 4.31 Å². The number of hydrogen-bond acceptors (Lipinski definition) is 4. The number of benzene rings is 1. The summed E-state index contributed by atoms with van der Waals surface area (Å²) in [4.78, 5) is 11.4. The Balaban J connectivity index is 3.30. The summed E-state index contributed by atoms with van der Waals surface area (Å²) in [5, 5.41) is 8.76. The molecular formula is C11H12N2O3S. The van der Waals surface area contributed by atoms with Gasteiger partial charge in [0.1, 0.15) is 6.04 Å². The lowest BCUT2D eigenvalue weighted by molar-refractivity contribution is -0.124. The lowest BCUT2D eigenvalue weighted by Crippen LogP contribution is -2.41. The van der Waals surface area contributed by atoms with Gasteiger partial charge in [-0.1, -0.05) is 18.2 Å². The average molecular weight is 252 g/mol.